The van der Waals surface area contributed by atoms with Gasteiger partial charge in [-0.05, 0) is 40.2 Å². The molecule has 0 saturated carbocycles. The number of amides is 1. The minimum Gasteiger partial charge on any atom is -0.373 e. The Morgan fingerprint density at radius 1 is 1.20 bits per heavy atom. The predicted molar refractivity (Wildman–Crippen MR) is 85.9 cm³/mol. The highest BCUT2D eigenvalue weighted by Crippen LogP contribution is 2.35. The number of carbonyl (C=O) groups excluding carboxylic acids is 1. The van der Waals surface area contributed by atoms with Gasteiger partial charge >= 0.3 is 0 Å². The molecule has 0 aliphatic heterocycles. The van der Waals surface area contributed by atoms with Gasteiger partial charge in [0.25, 0.3) is 5.91 Å². The summed E-state index contributed by atoms with van der Waals surface area (Å²) in [6.45, 7) is 0. The van der Waals surface area contributed by atoms with E-state index in [-0.39, 0.29) is 16.6 Å². The van der Waals surface area contributed by atoms with Gasteiger partial charge in [0, 0.05) is 11.5 Å². The van der Waals surface area contributed by atoms with Gasteiger partial charge in [-0.2, -0.15) is 0 Å². The number of hydrogen-bond donors (Lipinski definition) is 2. The van der Waals surface area contributed by atoms with E-state index in [9.17, 15) is 4.79 Å². The Hall–Kier alpha value is -1.30. The summed E-state index contributed by atoms with van der Waals surface area (Å²) in [7, 11) is 1.73. The van der Waals surface area contributed by atoms with Crippen LogP contribution in [0.3, 0.4) is 0 Å². The Balaban J connectivity index is 2.25. The van der Waals surface area contributed by atoms with Crippen LogP contribution in [0.5, 0.6) is 0 Å². The second kappa shape index (κ2) is 6.43. The molecular formula is C13H10BrCl2N3O. The maximum Gasteiger partial charge on any atom is 0.274 e. The average Bonchev–Trinajstić information content (AvgIpc) is 2.48. The fourth-order valence-electron chi connectivity index (χ4n) is 1.51. The Bertz CT molecular complexity index is 664. The van der Waals surface area contributed by atoms with Crippen LogP contribution >= 0.6 is 39.1 Å². The molecule has 1 aromatic carbocycles. The van der Waals surface area contributed by atoms with Crippen molar-refractivity contribution in [1.82, 2.24) is 4.98 Å². The van der Waals surface area contributed by atoms with Gasteiger partial charge in [0.05, 0.1) is 15.7 Å². The number of halogens is 3. The number of nitrogens with zero attached hydrogens (tertiary/aromatic N) is 1. The number of benzene rings is 1. The number of aromatic nitrogens is 1. The molecular weight excluding hydrogens is 365 g/mol. The molecule has 0 unspecified atom stereocenters. The molecule has 0 aliphatic carbocycles. The van der Waals surface area contributed by atoms with Gasteiger partial charge in [0.15, 0.2) is 0 Å². The zero-order chi connectivity index (χ0) is 14.7. The van der Waals surface area contributed by atoms with Gasteiger partial charge in [0.2, 0.25) is 0 Å². The molecule has 0 spiro atoms. The molecule has 1 heterocycles. The molecule has 1 aromatic heterocycles. The fourth-order valence-corrected chi connectivity index (χ4v) is 2.33. The van der Waals surface area contributed by atoms with Crippen LogP contribution in [0.15, 0.2) is 34.8 Å². The van der Waals surface area contributed by atoms with E-state index in [4.69, 9.17) is 23.2 Å². The normalized spacial score (nSPS) is 10.2. The molecule has 1 amide bonds. The van der Waals surface area contributed by atoms with Gasteiger partial charge < -0.3 is 10.6 Å². The molecule has 7 heteroatoms. The minimum atomic E-state index is -0.359. The van der Waals surface area contributed by atoms with Crippen molar-refractivity contribution in [2.45, 2.75) is 0 Å². The smallest absolute Gasteiger partial charge is 0.274 e. The third-order valence-corrected chi connectivity index (χ3v) is 4.29. The summed E-state index contributed by atoms with van der Waals surface area (Å²) >= 11 is 15.3. The van der Waals surface area contributed by atoms with Crippen molar-refractivity contribution in [3.8, 4) is 0 Å². The number of nitrogens with one attached hydrogen (secondary N) is 2. The molecule has 0 bridgehead atoms. The van der Waals surface area contributed by atoms with E-state index >= 15 is 0 Å². The van der Waals surface area contributed by atoms with Crippen LogP contribution < -0.4 is 10.6 Å². The highest BCUT2D eigenvalue weighted by molar-refractivity contribution is 9.10. The number of pyridine rings is 1. The van der Waals surface area contributed by atoms with Crippen LogP contribution in [0.2, 0.25) is 10.0 Å². The van der Waals surface area contributed by atoms with Gasteiger partial charge in [-0.25, -0.2) is 4.98 Å². The number of rotatable bonds is 3. The summed E-state index contributed by atoms with van der Waals surface area (Å²) in [4.78, 5) is 16.3. The molecule has 2 N–H and O–H groups in total. The first-order valence-corrected chi connectivity index (χ1v) is 7.17. The summed E-state index contributed by atoms with van der Waals surface area (Å²) in [5.41, 5.74) is 0.716. The molecule has 104 valence electrons. The Labute approximate surface area is 134 Å². The summed E-state index contributed by atoms with van der Waals surface area (Å²) in [5, 5.41) is 6.17. The van der Waals surface area contributed by atoms with Crippen molar-refractivity contribution >= 4 is 56.5 Å². The van der Waals surface area contributed by atoms with Crippen molar-refractivity contribution in [2.75, 3.05) is 17.7 Å². The summed E-state index contributed by atoms with van der Waals surface area (Å²) < 4.78 is 0.664. The Morgan fingerprint density at radius 3 is 2.65 bits per heavy atom. The topological polar surface area (TPSA) is 54.0 Å². The van der Waals surface area contributed by atoms with Crippen molar-refractivity contribution in [2.24, 2.45) is 0 Å². The summed E-state index contributed by atoms with van der Waals surface area (Å²) in [6, 6.07) is 8.49. The average molecular weight is 375 g/mol. The second-order valence-electron chi connectivity index (χ2n) is 3.84. The van der Waals surface area contributed by atoms with Gasteiger partial charge in [0.1, 0.15) is 11.5 Å². The van der Waals surface area contributed by atoms with Crippen molar-refractivity contribution in [3.05, 3.63) is 50.5 Å². The lowest BCUT2D eigenvalue weighted by molar-refractivity contribution is 0.102. The van der Waals surface area contributed by atoms with Crippen molar-refractivity contribution in [3.63, 3.8) is 0 Å². The first-order valence-electron chi connectivity index (χ1n) is 5.62. The molecule has 0 aliphatic rings. The third-order valence-electron chi connectivity index (χ3n) is 2.52. The molecule has 20 heavy (non-hydrogen) atoms. The number of carbonyl (C=O) groups is 1. The van der Waals surface area contributed by atoms with E-state index in [1.54, 1.807) is 37.4 Å². The van der Waals surface area contributed by atoms with E-state index < -0.39 is 0 Å². The highest BCUT2D eigenvalue weighted by atomic mass is 79.9. The van der Waals surface area contributed by atoms with Gasteiger partial charge in [-0.3, -0.25) is 4.79 Å². The van der Waals surface area contributed by atoms with Crippen LogP contribution in [0, 0.1) is 0 Å². The first-order chi connectivity index (χ1) is 9.52. The standard InChI is InChI=1S/C13H10BrCl2N3O/c1-17-10-4-2-3-9(18-10)13(20)19-8-6-5-7(14)11(15)12(8)16/h2-6H,1H3,(H,17,18)(H,19,20). The molecule has 0 saturated heterocycles. The van der Waals surface area contributed by atoms with Crippen LogP contribution in [-0.2, 0) is 0 Å². The Kier molecular flexibility index (Phi) is 4.86. The van der Waals surface area contributed by atoms with E-state index in [1.807, 2.05) is 0 Å². The van der Waals surface area contributed by atoms with Crippen LogP contribution in [-0.4, -0.2) is 17.9 Å². The molecule has 4 nitrogen and oxygen atoms in total. The molecule has 0 radical (unpaired) electrons. The quantitative estimate of drug-likeness (QED) is 0.780. The lowest BCUT2D eigenvalue weighted by Gasteiger charge is -2.09. The summed E-state index contributed by atoms with van der Waals surface area (Å²) in [6.07, 6.45) is 0. The zero-order valence-electron chi connectivity index (χ0n) is 10.4. The van der Waals surface area contributed by atoms with E-state index in [2.05, 4.69) is 31.5 Å². The minimum absolute atomic E-state index is 0.277. The maximum absolute atomic E-state index is 12.1. The monoisotopic (exact) mass is 373 g/mol. The Morgan fingerprint density at radius 2 is 1.95 bits per heavy atom. The van der Waals surface area contributed by atoms with Crippen LogP contribution in [0.25, 0.3) is 0 Å². The predicted octanol–water partition coefficient (Wildman–Crippen LogP) is 4.44. The third kappa shape index (κ3) is 3.23. The zero-order valence-corrected chi connectivity index (χ0v) is 13.5. The lowest BCUT2D eigenvalue weighted by Crippen LogP contribution is -2.14. The van der Waals surface area contributed by atoms with Gasteiger partial charge in [-0.1, -0.05) is 29.3 Å². The molecule has 2 aromatic rings. The highest BCUT2D eigenvalue weighted by Gasteiger charge is 2.13. The molecule has 0 atom stereocenters. The van der Waals surface area contributed by atoms with Gasteiger partial charge in [-0.15, -0.1) is 0 Å². The first kappa shape index (κ1) is 15.1. The van der Waals surface area contributed by atoms with E-state index in [1.165, 1.54) is 0 Å². The summed E-state index contributed by atoms with van der Waals surface area (Å²) in [5.74, 6) is 0.250. The molecule has 2 rings (SSSR count). The lowest BCUT2D eigenvalue weighted by atomic mass is 10.3. The molecule has 0 fully saturated rings. The number of hydrogen-bond acceptors (Lipinski definition) is 3. The fraction of sp³-hybridized carbons (Fsp3) is 0.0769. The van der Waals surface area contributed by atoms with E-state index in [0.717, 1.165) is 0 Å². The van der Waals surface area contributed by atoms with E-state index in [0.29, 0.717) is 21.0 Å². The SMILES string of the molecule is CNc1cccc(C(=O)Nc2ccc(Br)c(Cl)c2Cl)n1. The largest absolute Gasteiger partial charge is 0.373 e. The van der Waals surface area contributed by atoms with Crippen molar-refractivity contribution < 1.29 is 4.79 Å². The van der Waals surface area contributed by atoms with Crippen LogP contribution in [0.1, 0.15) is 10.5 Å². The van der Waals surface area contributed by atoms with Crippen LogP contribution in [0.4, 0.5) is 11.5 Å². The second-order valence-corrected chi connectivity index (χ2v) is 5.45. The van der Waals surface area contributed by atoms with Crippen molar-refractivity contribution in [1.29, 1.82) is 0 Å². The number of anilines is 2. The maximum atomic E-state index is 12.1.